The first-order chi connectivity index (χ1) is 13.5. The van der Waals surface area contributed by atoms with Gasteiger partial charge in [-0.1, -0.05) is 31.2 Å². The van der Waals surface area contributed by atoms with Crippen LogP contribution in [0.4, 0.5) is 0 Å². The van der Waals surface area contributed by atoms with Crippen molar-refractivity contribution in [3.05, 3.63) is 58.7 Å². The minimum Gasteiger partial charge on any atom is -0.493 e. The van der Waals surface area contributed by atoms with Crippen molar-refractivity contribution in [1.29, 1.82) is 0 Å². The Hall–Kier alpha value is -2.53. The molecule has 1 unspecified atom stereocenters. The van der Waals surface area contributed by atoms with Crippen LogP contribution in [0, 0.1) is 0 Å². The smallest absolute Gasteiger partial charge is 0.234 e. The number of nitrogens with one attached hydrogen (secondary N) is 1. The lowest BCUT2D eigenvalue weighted by Gasteiger charge is -2.29. The number of amides is 1. The predicted molar refractivity (Wildman–Crippen MR) is 111 cm³/mol. The summed E-state index contributed by atoms with van der Waals surface area (Å²) in [6.45, 7) is 6.16. The summed E-state index contributed by atoms with van der Waals surface area (Å²) in [5.74, 6) is 1.54. The zero-order chi connectivity index (χ0) is 20.1. The fourth-order valence-corrected chi connectivity index (χ4v) is 3.69. The van der Waals surface area contributed by atoms with E-state index in [9.17, 15) is 4.79 Å². The summed E-state index contributed by atoms with van der Waals surface area (Å²) < 4.78 is 10.8. The van der Waals surface area contributed by atoms with Crippen molar-refractivity contribution < 1.29 is 14.3 Å². The second kappa shape index (κ2) is 9.11. The average molecular weight is 383 g/mol. The van der Waals surface area contributed by atoms with Crippen molar-refractivity contribution in [1.82, 2.24) is 10.2 Å². The molecule has 0 saturated heterocycles. The van der Waals surface area contributed by atoms with E-state index in [0.717, 1.165) is 43.0 Å². The number of fused-ring (bicyclic) bond motifs is 1. The summed E-state index contributed by atoms with van der Waals surface area (Å²) >= 11 is 0. The van der Waals surface area contributed by atoms with Gasteiger partial charge in [-0.2, -0.15) is 0 Å². The molecule has 1 atom stereocenters. The maximum absolute atomic E-state index is 12.6. The number of carbonyl (C=O) groups excluding carboxylic acids is 1. The lowest BCUT2D eigenvalue weighted by molar-refractivity contribution is -0.123. The van der Waals surface area contributed by atoms with Crippen LogP contribution in [0.25, 0.3) is 0 Å². The van der Waals surface area contributed by atoms with E-state index in [-0.39, 0.29) is 11.9 Å². The highest BCUT2D eigenvalue weighted by molar-refractivity contribution is 5.78. The van der Waals surface area contributed by atoms with Crippen molar-refractivity contribution in [2.24, 2.45) is 0 Å². The number of aryl methyl sites for hydroxylation is 1. The average Bonchev–Trinajstić information content (AvgIpc) is 2.72. The second-order valence-electron chi connectivity index (χ2n) is 7.32. The van der Waals surface area contributed by atoms with Crippen molar-refractivity contribution in [2.45, 2.75) is 39.3 Å². The van der Waals surface area contributed by atoms with Gasteiger partial charge in [0.05, 0.1) is 26.8 Å². The topological polar surface area (TPSA) is 50.8 Å². The Morgan fingerprint density at radius 3 is 2.36 bits per heavy atom. The fourth-order valence-electron chi connectivity index (χ4n) is 3.69. The number of rotatable bonds is 7. The van der Waals surface area contributed by atoms with Gasteiger partial charge in [-0.3, -0.25) is 9.69 Å². The van der Waals surface area contributed by atoms with Crippen LogP contribution in [0.5, 0.6) is 11.5 Å². The molecule has 150 valence electrons. The molecule has 0 spiro atoms. The Morgan fingerprint density at radius 1 is 1.11 bits per heavy atom. The van der Waals surface area contributed by atoms with E-state index in [4.69, 9.17) is 9.47 Å². The Bertz CT molecular complexity index is 817. The minimum absolute atomic E-state index is 0.000150. The predicted octanol–water partition coefficient (Wildman–Crippen LogP) is 3.50. The molecule has 2 aromatic rings. The molecule has 0 aromatic heterocycles. The van der Waals surface area contributed by atoms with Gasteiger partial charge in [0.1, 0.15) is 0 Å². The van der Waals surface area contributed by atoms with Gasteiger partial charge in [-0.25, -0.2) is 0 Å². The highest BCUT2D eigenvalue weighted by Gasteiger charge is 2.21. The first-order valence-electron chi connectivity index (χ1n) is 9.88. The minimum atomic E-state index is -0.000150. The molecule has 0 fully saturated rings. The summed E-state index contributed by atoms with van der Waals surface area (Å²) in [4.78, 5) is 14.7. The van der Waals surface area contributed by atoms with Crippen LogP contribution in [0.2, 0.25) is 0 Å². The van der Waals surface area contributed by atoms with E-state index in [1.54, 1.807) is 14.2 Å². The SMILES string of the molecule is CCc1ccc(C(C)NC(=O)CN2CCc3cc(OC)c(OC)cc3C2)cc1. The van der Waals surface area contributed by atoms with Crippen LogP contribution in [0.3, 0.4) is 0 Å². The van der Waals surface area contributed by atoms with Gasteiger partial charge in [0.2, 0.25) is 5.91 Å². The Morgan fingerprint density at radius 2 is 1.75 bits per heavy atom. The largest absolute Gasteiger partial charge is 0.493 e. The van der Waals surface area contributed by atoms with Crippen LogP contribution in [0.1, 0.15) is 42.1 Å². The standard InChI is InChI=1S/C23H30N2O3/c1-5-17-6-8-18(9-7-17)16(2)24-23(26)15-25-11-10-19-12-21(27-3)22(28-4)13-20(19)14-25/h6-9,12-13,16H,5,10-11,14-15H2,1-4H3,(H,24,26). The first kappa shape index (κ1) is 20.2. The molecule has 1 N–H and O–H groups in total. The number of methoxy groups -OCH3 is 2. The number of hydrogen-bond donors (Lipinski definition) is 1. The molecule has 1 amide bonds. The lowest BCUT2D eigenvalue weighted by Crippen LogP contribution is -2.40. The van der Waals surface area contributed by atoms with Crippen molar-refractivity contribution >= 4 is 5.91 Å². The normalized spacial score (nSPS) is 14.9. The molecule has 0 bridgehead atoms. The number of carbonyl (C=O) groups is 1. The van der Waals surface area contributed by atoms with Crippen LogP contribution >= 0.6 is 0 Å². The summed E-state index contributed by atoms with van der Waals surface area (Å²) in [5.41, 5.74) is 4.89. The molecule has 2 aromatic carbocycles. The molecule has 1 aliphatic rings. The third kappa shape index (κ3) is 4.65. The second-order valence-corrected chi connectivity index (χ2v) is 7.32. The zero-order valence-electron chi connectivity index (χ0n) is 17.2. The van der Waals surface area contributed by atoms with Crippen molar-refractivity contribution in [3.8, 4) is 11.5 Å². The van der Waals surface area contributed by atoms with Crippen molar-refractivity contribution in [3.63, 3.8) is 0 Å². The van der Waals surface area contributed by atoms with Crippen molar-refractivity contribution in [2.75, 3.05) is 27.3 Å². The van der Waals surface area contributed by atoms with Gasteiger partial charge in [0.25, 0.3) is 0 Å². The fraction of sp³-hybridized carbons (Fsp3) is 0.435. The third-order valence-corrected chi connectivity index (χ3v) is 5.43. The quantitative estimate of drug-likeness (QED) is 0.796. The maximum atomic E-state index is 12.6. The zero-order valence-corrected chi connectivity index (χ0v) is 17.2. The molecular formula is C23H30N2O3. The Balaban J connectivity index is 1.59. The molecule has 5 heteroatoms. The van der Waals surface area contributed by atoms with E-state index in [0.29, 0.717) is 6.54 Å². The number of ether oxygens (including phenoxy) is 2. The number of hydrogen-bond acceptors (Lipinski definition) is 4. The molecule has 0 aliphatic carbocycles. The van der Waals surface area contributed by atoms with E-state index >= 15 is 0 Å². The molecule has 3 rings (SSSR count). The number of nitrogens with zero attached hydrogens (tertiary/aromatic N) is 1. The van der Waals surface area contributed by atoms with Gasteiger partial charge >= 0.3 is 0 Å². The van der Waals surface area contributed by atoms with Gasteiger partial charge < -0.3 is 14.8 Å². The Kier molecular flexibility index (Phi) is 6.57. The van der Waals surface area contributed by atoms with E-state index in [1.165, 1.54) is 16.7 Å². The summed E-state index contributed by atoms with van der Waals surface area (Å²) in [7, 11) is 3.30. The van der Waals surface area contributed by atoms with E-state index in [2.05, 4.69) is 41.4 Å². The van der Waals surface area contributed by atoms with Gasteiger partial charge in [0.15, 0.2) is 11.5 Å². The van der Waals surface area contributed by atoms with Gasteiger partial charge in [-0.05, 0) is 54.2 Å². The molecule has 0 saturated carbocycles. The van der Waals surface area contributed by atoms with Gasteiger partial charge in [0, 0.05) is 13.1 Å². The molecule has 1 heterocycles. The molecule has 0 radical (unpaired) electrons. The monoisotopic (exact) mass is 382 g/mol. The van der Waals surface area contributed by atoms with Crippen LogP contribution < -0.4 is 14.8 Å². The Labute approximate surface area is 167 Å². The highest BCUT2D eigenvalue weighted by atomic mass is 16.5. The lowest BCUT2D eigenvalue weighted by atomic mass is 9.98. The maximum Gasteiger partial charge on any atom is 0.234 e. The van der Waals surface area contributed by atoms with E-state index in [1.807, 2.05) is 19.1 Å². The molecule has 28 heavy (non-hydrogen) atoms. The summed E-state index contributed by atoms with van der Waals surface area (Å²) in [6, 6.07) is 12.5. The molecule has 5 nitrogen and oxygen atoms in total. The highest BCUT2D eigenvalue weighted by Crippen LogP contribution is 2.33. The summed E-state index contributed by atoms with van der Waals surface area (Å²) in [6.07, 6.45) is 1.92. The van der Waals surface area contributed by atoms with E-state index < -0.39 is 0 Å². The first-order valence-corrected chi connectivity index (χ1v) is 9.88. The summed E-state index contributed by atoms with van der Waals surface area (Å²) in [5, 5.41) is 3.12. The molecular weight excluding hydrogens is 352 g/mol. The third-order valence-electron chi connectivity index (χ3n) is 5.43. The van der Waals surface area contributed by atoms with Crippen LogP contribution in [-0.4, -0.2) is 38.1 Å². The number of benzene rings is 2. The van der Waals surface area contributed by atoms with Gasteiger partial charge in [-0.15, -0.1) is 0 Å². The van der Waals surface area contributed by atoms with Crippen LogP contribution in [-0.2, 0) is 24.2 Å². The van der Waals surface area contributed by atoms with Crippen LogP contribution in [0.15, 0.2) is 36.4 Å². The molecule has 1 aliphatic heterocycles.